The van der Waals surface area contributed by atoms with Gasteiger partial charge in [-0.05, 0) is 79.3 Å². The zero-order valence-electron chi connectivity index (χ0n) is 14.8. The number of nitrogen functional groups attached to an aromatic ring is 1. The van der Waals surface area contributed by atoms with E-state index in [0.717, 1.165) is 29.4 Å². The summed E-state index contributed by atoms with van der Waals surface area (Å²) in [5.74, 6) is 0.365. The molecule has 0 radical (unpaired) electrons. The minimum absolute atomic E-state index is 0.224. The summed E-state index contributed by atoms with van der Waals surface area (Å²) < 4.78 is 7.48. The lowest BCUT2D eigenvalue weighted by Crippen LogP contribution is -2.41. The van der Waals surface area contributed by atoms with Crippen molar-refractivity contribution in [2.75, 3.05) is 18.8 Å². The van der Waals surface area contributed by atoms with E-state index in [1.807, 2.05) is 37.5 Å². The van der Waals surface area contributed by atoms with E-state index >= 15 is 0 Å². The molecule has 1 aliphatic rings. The van der Waals surface area contributed by atoms with E-state index in [2.05, 4.69) is 33.2 Å². The molecule has 3 rings (SSSR count). The Morgan fingerprint density at radius 3 is 2.64 bits per heavy atom. The fourth-order valence-corrected chi connectivity index (χ4v) is 4.77. The Hall–Kier alpha value is -1.08. The first-order valence-corrected chi connectivity index (χ1v) is 12.5. The maximum absolute atomic E-state index is 12.2. The van der Waals surface area contributed by atoms with Crippen molar-refractivity contribution in [1.29, 1.82) is 0 Å². The molecule has 1 aromatic heterocycles. The van der Waals surface area contributed by atoms with Gasteiger partial charge >= 0.3 is 6.09 Å². The van der Waals surface area contributed by atoms with Gasteiger partial charge in [-0.3, -0.25) is 0 Å². The van der Waals surface area contributed by atoms with E-state index in [-0.39, 0.29) is 6.09 Å². The first-order valence-electron chi connectivity index (χ1n) is 8.40. The van der Waals surface area contributed by atoms with Gasteiger partial charge < -0.3 is 15.4 Å². The third kappa shape index (κ3) is 4.19. The second-order valence-electron chi connectivity index (χ2n) is 7.42. The zero-order valence-corrected chi connectivity index (χ0v) is 17.9. The third-order valence-corrected chi connectivity index (χ3v) is 6.33. The summed E-state index contributed by atoms with van der Waals surface area (Å²) in [6.45, 7) is 7.08. The highest BCUT2D eigenvalue weighted by Gasteiger charge is 2.28. The van der Waals surface area contributed by atoms with Crippen molar-refractivity contribution >= 4 is 51.1 Å². The van der Waals surface area contributed by atoms with E-state index in [9.17, 15) is 4.79 Å². The van der Waals surface area contributed by atoms with Gasteiger partial charge in [0.05, 0.1) is 18.1 Å². The number of rotatable bonds is 2. The zero-order chi connectivity index (χ0) is 18.2. The van der Waals surface area contributed by atoms with Gasteiger partial charge in [-0.1, -0.05) is 0 Å². The molecule has 0 aliphatic carbocycles. The first kappa shape index (κ1) is 18.7. The highest BCUT2D eigenvalue weighted by molar-refractivity contribution is 14.2. The summed E-state index contributed by atoms with van der Waals surface area (Å²) in [5.41, 5.74) is 8.97. The van der Waals surface area contributed by atoms with Crippen LogP contribution in [0, 0.1) is 0 Å². The van der Waals surface area contributed by atoms with Crippen molar-refractivity contribution in [3.05, 3.63) is 23.9 Å². The Balaban J connectivity index is 1.73. The number of ether oxygens (including phenoxy) is 1. The van der Waals surface area contributed by atoms with Crippen molar-refractivity contribution in [1.82, 2.24) is 14.5 Å². The van der Waals surface area contributed by atoms with Crippen LogP contribution in [0.25, 0.3) is 10.9 Å². The number of anilines is 1. The van der Waals surface area contributed by atoms with Gasteiger partial charge in [-0.15, -0.1) is 0 Å². The van der Waals surface area contributed by atoms with Gasteiger partial charge in [0, 0.05) is 24.2 Å². The van der Waals surface area contributed by atoms with E-state index in [4.69, 9.17) is 10.5 Å². The minimum atomic E-state index is -0.456. The maximum Gasteiger partial charge on any atom is 0.410 e. The number of hydrogen-bond acceptors (Lipinski definition) is 4. The predicted molar refractivity (Wildman–Crippen MR) is 112 cm³/mol. The van der Waals surface area contributed by atoms with Crippen LogP contribution in [0.2, 0.25) is 0 Å². The lowest BCUT2D eigenvalue weighted by Gasteiger charge is -2.34. The number of nitrogens with two attached hydrogens (primary N) is 1. The number of aromatic nitrogens is 2. The molecule has 1 unspecified atom stereocenters. The normalized spacial score (nSPS) is 16.9. The summed E-state index contributed by atoms with van der Waals surface area (Å²) in [7, 11) is 0. The number of nitrogens with zero attached hydrogens (tertiary/aromatic N) is 3. The summed E-state index contributed by atoms with van der Waals surface area (Å²) in [6, 6.07) is 4.20. The smallest absolute Gasteiger partial charge is 0.410 e. The van der Waals surface area contributed by atoms with Crippen LogP contribution in [0.5, 0.6) is 0 Å². The number of hydrogen-bond donors (Lipinski definition) is 1. The largest absolute Gasteiger partial charge is 0.444 e. The number of benzene rings is 1. The summed E-state index contributed by atoms with van der Waals surface area (Å²) in [4.78, 5) is 14.0. The van der Waals surface area contributed by atoms with Gasteiger partial charge in [0.1, 0.15) is 5.60 Å². The van der Waals surface area contributed by atoms with Crippen LogP contribution in [0.1, 0.15) is 45.1 Å². The molecule has 1 amide bonds. The molecule has 2 heterocycles. The van der Waals surface area contributed by atoms with Crippen LogP contribution in [-0.2, 0) is 4.74 Å². The molecular formula is C17H24IN4O2P. The predicted octanol–water partition coefficient (Wildman–Crippen LogP) is 4.52. The fourth-order valence-electron chi connectivity index (χ4n) is 3.23. The lowest BCUT2D eigenvalue weighted by molar-refractivity contribution is 0.0205. The Kier molecular flexibility index (Phi) is 5.44. The molecule has 1 aromatic carbocycles. The third-order valence-electron chi connectivity index (χ3n) is 4.44. The molecule has 1 fully saturated rings. The number of carbonyl (C=O) groups excluding carboxylic acids is 1. The van der Waals surface area contributed by atoms with Crippen molar-refractivity contribution in [3.8, 4) is 0 Å². The Morgan fingerprint density at radius 1 is 1.36 bits per heavy atom. The molecule has 0 bridgehead atoms. The second kappa shape index (κ2) is 7.27. The molecule has 1 saturated heterocycles. The van der Waals surface area contributed by atoms with Gasteiger partial charge in [-0.2, -0.15) is 5.10 Å². The standard InChI is InChI=1S/C17H24IN4O2P/c1-17(2,3)24-16(23)21-6-4-11(5-7-21)13-9-15-12(8-14(13)19)10-20-22(15)25-18/h8-11,25H,4-7,19H2,1-3H3. The lowest BCUT2D eigenvalue weighted by atomic mass is 9.88. The number of carbonyl (C=O) groups is 1. The molecule has 0 spiro atoms. The SMILES string of the molecule is CC(C)(C)OC(=O)N1CCC(c2cc3c(cnn3PI)cc2N)CC1. The highest BCUT2D eigenvalue weighted by Crippen LogP contribution is 2.36. The number of piperidine rings is 1. The monoisotopic (exact) mass is 474 g/mol. The minimum Gasteiger partial charge on any atom is -0.444 e. The highest BCUT2D eigenvalue weighted by atomic mass is 127. The van der Waals surface area contributed by atoms with E-state index in [1.54, 1.807) is 4.90 Å². The van der Waals surface area contributed by atoms with Crippen molar-refractivity contribution < 1.29 is 9.53 Å². The number of halogens is 1. The van der Waals surface area contributed by atoms with Crippen LogP contribution in [0.15, 0.2) is 18.3 Å². The van der Waals surface area contributed by atoms with Crippen LogP contribution >= 0.6 is 28.4 Å². The molecule has 25 heavy (non-hydrogen) atoms. The molecule has 8 heteroatoms. The summed E-state index contributed by atoms with van der Waals surface area (Å²) in [5, 5.41) is 5.49. The van der Waals surface area contributed by atoms with Crippen LogP contribution in [0.3, 0.4) is 0 Å². The van der Waals surface area contributed by atoms with Gasteiger partial charge in [0.25, 0.3) is 0 Å². The molecule has 1 aliphatic heterocycles. The Bertz CT molecular complexity index is 779. The molecule has 0 saturated carbocycles. The quantitative estimate of drug-likeness (QED) is 0.395. The molecule has 6 nitrogen and oxygen atoms in total. The summed E-state index contributed by atoms with van der Waals surface area (Å²) >= 11 is 2.33. The fraction of sp³-hybridized carbons (Fsp3) is 0.529. The Labute approximate surface area is 162 Å². The topological polar surface area (TPSA) is 73.4 Å². The van der Waals surface area contributed by atoms with Gasteiger partial charge in [0.2, 0.25) is 0 Å². The maximum atomic E-state index is 12.2. The Morgan fingerprint density at radius 2 is 2.04 bits per heavy atom. The molecular weight excluding hydrogens is 450 g/mol. The number of likely N-dealkylation sites (tertiary alicyclic amines) is 1. The number of amides is 1. The molecule has 1 atom stereocenters. The van der Waals surface area contributed by atoms with E-state index < -0.39 is 5.60 Å². The first-order chi connectivity index (χ1) is 11.8. The van der Waals surface area contributed by atoms with Crippen molar-refractivity contribution in [3.63, 3.8) is 0 Å². The summed E-state index contributed by atoms with van der Waals surface area (Å²) in [6.07, 6.45) is 4.00. The van der Waals surface area contributed by atoms with Crippen molar-refractivity contribution in [2.24, 2.45) is 0 Å². The van der Waals surface area contributed by atoms with Crippen LogP contribution < -0.4 is 5.73 Å². The van der Waals surface area contributed by atoms with E-state index in [0.29, 0.717) is 25.4 Å². The molecule has 2 aromatic rings. The van der Waals surface area contributed by atoms with Crippen LogP contribution in [-0.4, -0.2) is 39.2 Å². The van der Waals surface area contributed by atoms with Crippen LogP contribution in [0.4, 0.5) is 10.5 Å². The van der Waals surface area contributed by atoms with E-state index in [1.165, 1.54) is 5.56 Å². The van der Waals surface area contributed by atoms with Crippen molar-refractivity contribution in [2.45, 2.75) is 45.1 Å². The second-order valence-corrected chi connectivity index (χ2v) is 9.46. The molecule has 2 N–H and O–H groups in total. The van der Waals surface area contributed by atoms with Gasteiger partial charge in [-0.25, -0.2) is 9.25 Å². The molecule has 136 valence electrons. The average Bonchev–Trinajstić information content (AvgIpc) is 2.94. The number of fused-ring (bicyclic) bond motifs is 1. The van der Waals surface area contributed by atoms with Gasteiger partial charge in [0.15, 0.2) is 0 Å². The average molecular weight is 474 g/mol.